The number of nitro groups is 1. The zero-order valence-corrected chi connectivity index (χ0v) is 14.5. The van der Waals surface area contributed by atoms with Gasteiger partial charge in [0, 0.05) is 29.7 Å². The Morgan fingerprint density at radius 3 is 2.54 bits per heavy atom. The Kier molecular flexibility index (Phi) is 5.28. The highest BCUT2D eigenvalue weighted by molar-refractivity contribution is 6.11. The van der Waals surface area contributed by atoms with Crippen LogP contribution < -0.4 is 5.32 Å². The summed E-state index contributed by atoms with van der Waals surface area (Å²) in [6.07, 6.45) is 3.02. The summed E-state index contributed by atoms with van der Waals surface area (Å²) in [5.74, 6) is -1.17. The van der Waals surface area contributed by atoms with E-state index in [1.807, 2.05) is 6.07 Å². The van der Waals surface area contributed by atoms with Gasteiger partial charge in [0.2, 0.25) is 5.91 Å². The van der Waals surface area contributed by atoms with E-state index in [1.54, 1.807) is 47.3 Å². The van der Waals surface area contributed by atoms with Crippen molar-refractivity contribution in [3.05, 3.63) is 88.2 Å². The van der Waals surface area contributed by atoms with E-state index in [0.29, 0.717) is 11.3 Å². The topological polar surface area (TPSA) is 118 Å². The molecule has 28 heavy (non-hydrogen) atoms. The van der Waals surface area contributed by atoms with Gasteiger partial charge in [-0.1, -0.05) is 12.1 Å². The van der Waals surface area contributed by atoms with Gasteiger partial charge >= 0.3 is 0 Å². The zero-order chi connectivity index (χ0) is 20.1. The van der Waals surface area contributed by atoms with Crippen molar-refractivity contribution in [2.45, 2.75) is 6.42 Å². The van der Waals surface area contributed by atoms with Gasteiger partial charge in [-0.3, -0.25) is 19.7 Å². The molecule has 3 rings (SSSR count). The van der Waals surface area contributed by atoms with Crippen LogP contribution in [0.4, 0.5) is 11.4 Å². The molecule has 0 aliphatic heterocycles. The highest BCUT2D eigenvalue weighted by Crippen LogP contribution is 2.27. The van der Waals surface area contributed by atoms with E-state index >= 15 is 0 Å². The van der Waals surface area contributed by atoms with Crippen molar-refractivity contribution >= 4 is 23.1 Å². The van der Waals surface area contributed by atoms with E-state index in [4.69, 9.17) is 5.26 Å². The van der Waals surface area contributed by atoms with Crippen LogP contribution in [-0.2, 0) is 4.79 Å². The molecule has 0 saturated carbocycles. The SMILES string of the molecule is N#Cc1cccc(C(=O)CC(=O)Nc2cc(-n3cccc3)ccc2[N+](=O)[O-])c1. The summed E-state index contributed by atoms with van der Waals surface area (Å²) >= 11 is 0. The van der Waals surface area contributed by atoms with Gasteiger partial charge in [-0.05, 0) is 36.4 Å². The molecule has 1 N–H and O–H groups in total. The standard InChI is InChI=1S/C20H14N4O4/c21-13-14-4-3-5-15(10-14)19(25)12-20(26)22-17-11-16(23-8-1-2-9-23)6-7-18(17)24(27)28/h1-11H,12H2,(H,22,26). The molecule has 1 heterocycles. The summed E-state index contributed by atoms with van der Waals surface area (Å²) in [4.78, 5) is 35.2. The minimum atomic E-state index is -0.680. The van der Waals surface area contributed by atoms with Crippen molar-refractivity contribution in [3.63, 3.8) is 0 Å². The number of nitrogens with zero attached hydrogens (tertiary/aromatic N) is 3. The molecule has 138 valence electrons. The van der Waals surface area contributed by atoms with Gasteiger partial charge in [-0.15, -0.1) is 0 Å². The number of anilines is 1. The van der Waals surface area contributed by atoms with Crippen LogP contribution in [0.15, 0.2) is 67.0 Å². The lowest BCUT2D eigenvalue weighted by molar-refractivity contribution is -0.383. The second-order valence-corrected chi connectivity index (χ2v) is 5.89. The predicted molar refractivity (Wildman–Crippen MR) is 101 cm³/mol. The molecule has 0 fully saturated rings. The van der Waals surface area contributed by atoms with Crippen LogP contribution in [0.5, 0.6) is 0 Å². The molecule has 8 heteroatoms. The molecule has 0 radical (unpaired) electrons. The van der Waals surface area contributed by atoms with Gasteiger partial charge in [0.05, 0.1) is 23.0 Å². The van der Waals surface area contributed by atoms with Gasteiger partial charge in [0.25, 0.3) is 5.69 Å². The first-order valence-electron chi connectivity index (χ1n) is 8.23. The first kappa shape index (κ1) is 18.5. The second-order valence-electron chi connectivity index (χ2n) is 5.89. The van der Waals surface area contributed by atoms with E-state index in [9.17, 15) is 19.7 Å². The van der Waals surface area contributed by atoms with Gasteiger partial charge < -0.3 is 9.88 Å². The number of hydrogen-bond donors (Lipinski definition) is 1. The number of aromatic nitrogens is 1. The molecule has 0 saturated heterocycles. The third kappa shape index (κ3) is 4.11. The fourth-order valence-electron chi connectivity index (χ4n) is 2.66. The molecular formula is C20H14N4O4. The third-order valence-corrected chi connectivity index (χ3v) is 3.99. The number of hydrogen-bond acceptors (Lipinski definition) is 5. The largest absolute Gasteiger partial charge is 0.324 e. The first-order chi connectivity index (χ1) is 13.5. The maximum absolute atomic E-state index is 12.3. The fourth-order valence-corrected chi connectivity index (χ4v) is 2.66. The van der Waals surface area contributed by atoms with Gasteiger partial charge in [0.15, 0.2) is 5.78 Å². The lowest BCUT2D eigenvalue weighted by Crippen LogP contribution is -2.17. The van der Waals surface area contributed by atoms with E-state index in [-0.39, 0.29) is 16.9 Å². The van der Waals surface area contributed by atoms with Crippen molar-refractivity contribution in [2.24, 2.45) is 0 Å². The molecule has 2 aromatic carbocycles. The van der Waals surface area contributed by atoms with Crippen LogP contribution >= 0.6 is 0 Å². The van der Waals surface area contributed by atoms with E-state index in [2.05, 4.69) is 5.32 Å². The normalized spacial score (nSPS) is 10.1. The maximum Gasteiger partial charge on any atom is 0.292 e. The Bertz CT molecular complexity index is 1100. The number of rotatable bonds is 6. The number of amides is 1. The molecule has 0 spiro atoms. The van der Waals surface area contributed by atoms with Crippen molar-refractivity contribution in [1.82, 2.24) is 4.57 Å². The molecular weight excluding hydrogens is 360 g/mol. The van der Waals surface area contributed by atoms with Gasteiger partial charge in [-0.25, -0.2) is 0 Å². The molecule has 0 atom stereocenters. The average molecular weight is 374 g/mol. The Balaban J connectivity index is 1.80. The summed E-state index contributed by atoms with van der Waals surface area (Å²) in [6.45, 7) is 0. The number of ketones is 1. The summed E-state index contributed by atoms with van der Waals surface area (Å²) in [6, 6.07) is 15.8. The van der Waals surface area contributed by atoms with Crippen LogP contribution in [0.3, 0.4) is 0 Å². The predicted octanol–water partition coefficient (Wildman–Crippen LogP) is 3.47. The molecule has 0 aliphatic rings. The smallest absolute Gasteiger partial charge is 0.292 e. The molecule has 1 aromatic heterocycles. The number of nitro benzene ring substituents is 1. The third-order valence-electron chi connectivity index (χ3n) is 3.99. The Morgan fingerprint density at radius 2 is 1.86 bits per heavy atom. The number of carbonyl (C=O) groups is 2. The number of benzene rings is 2. The number of carbonyl (C=O) groups excluding carboxylic acids is 2. The molecule has 0 unspecified atom stereocenters. The summed E-state index contributed by atoms with van der Waals surface area (Å²) in [7, 11) is 0. The first-order valence-corrected chi connectivity index (χ1v) is 8.23. The van der Waals surface area contributed by atoms with Crippen LogP contribution in [0.1, 0.15) is 22.3 Å². The van der Waals surface area contributed by atoms with Crippen molar-refractivity contribution < 1.29 is 14.5 Å². The van der Waals surface area contributed by atoms with Crippen molar-refractivity contribution in [2.75, 3.05) is 5.32 Å². The van der Waals surface area contributed by atoms with E-state index < -0.39 is 23.0 Å². The van der Waals surface area contributed by atoms with Crippen molar-refractivity contribution in [1.29, 1.82) is 5.26 Å². The molecule has 0 bridgehead atoms. The zero-order valence-electron chi connectivity index (χ0n) is 14.5. The highest BCUT2D eigenvalue weighted by Gasteiger charge is 2.19. The molecule has 8 nitrogen and oxygen atoms in total. The molecule has 1 amide bonds. The van der Waals surface area contributed by atoms with Gasteiger partial charge in [-0.2, -0.15) is 5.26 Å². The molecule has 0 aliphatic carbocycles. The minimum absolute atomic E-state index is 0.000208. The summed E-state index contributed by atoms with van der Waals surface area (Å²) in [5.41, 5.74) is 0.882. The monoisotopic (exact) mass is 374 g/mol. The number of nitrogens with one attached hydrogen (secondary N) is 1. The van der Waals surface area contributed by atoms with Crippen LogP contribution in [0.25, 0.3) is 5.69 Å². The minimum Gasteiger partial charge on any atom is -0.324 e. The summed E-state index contributed by atoms with van der Waals surface area (Å²) in [5, 5.41) is 22.6. The van der Waals surface area contributed by atoms with E-state index in [1.165, 1.54) is 24.3 Å². The Morgan fingerprint density at radius 1 is 1.11 bits per heavy atom. The van der Waals surface area contributed by atoms with Crippen LogP contribution in [0.2, 0.25) is 0 Å². The van der Waals surface area contributed by atoms with Gasteiger partial charge in [0.1, 0.15) is 5.69 Å². The second kappa shape index (κ2) is 7.97. The van der Waals surface area contributed by atoms with Crippen LogP contribution in [0, 0.1) is 21.4 Å². The number of nitriles is 1. The maximum atomic E-state index is 12.3. The average Bonchev–Trinajstić information content (AvgIpc) is 3.22. The molecule has 3 aromatic rings. The number of Topliss-reactive ketones (excluding diaryl/α,β-unsaturated/α-hetero) is 1. The summed E-state index contributed by atoms with van der Waals surface area (Å²) < 4.78 is 1.73. The Hall–Kier alpha value is -4.25. The quantitative estimate of drug-likeness (QED) is 0.307. The van der Waals surface area contributed by atoms with Crippen LogP contribution in [-0.4, -0.2) is 21.2 Å². The lowest BCUT2D eigenvalue weighted by Gasteiger charge is -2.09. The highest BCUT2D eigenvalue weighted by atomic mass is 16.6. The van der Waals surface area contributed by atoms with E-state index in [0.717, 1.165) is 0 Å². The van der Waals surface area contributed by atoms with Crippen molar-refractivity contribution in [3.8, 4) is 11.8 Å². The Labute approximate surface area is 159 Å². The fraction of sp³-hybridized carbons (Fsp3) is 0.0500. The lowest BCUT2D eigenvalue weighted by atomic mass is 10.1.